The molecule has 1 N–H and O–H groups in total. The second kappa shape index (κ2) is 10.5. The Labute approximate surface area is 208 Å². The van der Waals surface area contributed by atoms with Gasteiger partial charge in [-0.1, -0.05) is 16.5 Å². The van der Waals surface area contributed by atoms with Gasteiger partial charge in [0.1, 0.15) is 5.76 Å². The molecule has 1 amide bonds. The molecule has 1 aliphatic heterocycles. The predicted octanol–water partition coefficient (Wildman–Crippen LogP) is 4.78. The van der Waals surface area contributed by atoms with Crippen LogP contribution in [0.4, 0.5) is 8.78 Å². The lowest BCUT2D eigenvalue weighted by Gasteiger charge is -2.31. The SMILES string of the molecule is CC(F)(F)COc1nc2c(s1)CCN(CCC1CCC(NC(=O)c3noc4c3CCCC4)CC1)C2. The van der Waals surface area contributed by atoms with E-state index in [1.54, 1.807) is 0 Å². The summed E-state index contributed by atoms with van der Waals surface area (Å²) < 4.78 is 36.7. The molecule has 5 rings (SSSR count). The lowest BCUT2D eigenvalue weighted by Crippen LogP contribution is -2.39. The van der Waals surface area contributed by atoms with Crippen LogP contribution in [0.5, 0.6) is 5.19 Å². The maximum Gasteiger partial charge on any atom is 0.278 e. The molecule has 2 aromatic rings. The summed E-state index contributed by atoms with van der Waals surface area (Å²) in [7, 11) is 0. The second-order valence-corrected chi connectivity index (χ2v) is 11.4. The van der Waals surface area contributed by atoms with E-state index in [9.17, 15) is 13.6 Å². The van der Waals surface area contributed by atoms with Crippen molar-refractivity contribution in [3.8, 4) is 5.19 Å². The van der Waals surface area contributed by atoms with E-state index in [1.165, 1.54) is 11.3 Å². The van der Waals surface area contributed by atoms with Gasteiger partial charge in [-0.25, -0.2) is 13.8 Å². The zero-order valence-corrected chi connectivity index (χ0v) is 21.1. The summed E-state index contributed by atoms with van der Waals surface area (Å²) in [6.45, 7) is 2.95. The molecule has 0 spiro atoms. The van der Waals surface area contributed by atoms with Crippen LogP contribution < -0.4 is 10.1 Å². The molecule has 2 aliphatic carbocycles. The van der Waals surface area contributed by atoms with E-state index in [0.29, 0.717) is 16.8 Å². The quantitative estimate of drug-likeness (QED) is 0.553. The van der Waals surface area contributed by atoms with Gasteiger partial charge >= 0.3 is 0 Å². The Morgan fingerprint density at radius 2 is 2.03 bits per heavy atom. The number of fused-ring (bicyclic) bond motifs is 2. The molecule has 3 heterocycles. The molecule has 0 radical (unpaired) electrons. The molecule has 0 bridgehead atoms. The van der Waals surface area contributed by atoms with Crippen molar-refractivity contribution in [2.75, 3.05) is 19.7 Å². The van der Waals surface area contributed by atoms with Crippen molar-refractivity contribution in [3.63, 3.8) is 0 Å². The van der Waals surface area contributed by atoms with Crippen LogP contribution in [0.25, 0.3) is 0 Å². The van der Waals surface area contributed by atoms with E-state index in [-0.39, 0.29) is 11.9 Å². The van der Waals surface area contributed by atoms with Crippen LogP contribution in [0.3, 0.4) is 0 Å². The van der Waals surface area contributed by atoms with E-state index in [2.05, 4.69) is 20.4 Å². The third-order valence-electron chi connectivity index (χ3n) is 7.44. The highest BCUT2D eigenvalue weighted by Gasteiger charge is 2.29. The van der Waals surface area contributed by atoms with Gasteiger partial charge in [-0.05, 0) is 70.3 Å². The van der Waals surface area contributed by atoms with E-state index >= 15 is 0 Å². The number of hydrogen-bond donors (Lipinski definition) is 1. The van der Waals surface area contributed by atoms with Crippen LogP contribution >= 0.6 is 11.3 Å². The number of nitrogens with one attached hydrogen (secondary N) is 1. The van der Waals surface area contributed by atoms with Crippen LogP contribution in [0.2, 0.25) is 0 Å². The average Bonchev–Trinajstić information content (AvgIpc) is 3.45. The monoisotopic (exact) mass is 508 g/mol. The van der Waals surface area contributed by atoms with Crippen molar-refractivity contribution in [2.45, 2.75) is 89.6 Å². The van der Waals surface area contributed by atoms with Gasteiger partial charge in [0.15, 0.2) is 12.3 Å². The number of carbonyl (C=O) groups is 1. The van der Waals surface area contributed by atoms with Gasteiger partial charge in [-0.3, -0.25) is 9.69 Å². The third-order valence-corrected chi connectivity index (χ3v) is 8.51. The summed E-state index contributed by atoms with van der Waals surface area (Å²) in [6.07, 6.45) is 10.2. The summed E-state index contributed by atoms with van der Waals surface area (Å²) >= 11 is 1.40. The van der Waals surface area contributed by atoms with Crippen LogP contribution in [0.15, 0.2) is 4.52 Å². The number of thiazole rings is 1. The van der Waals surface area contributed by atoms with Crippen molar-refractivity contribution in [2.24, 2.45) is 5.92 Å². The number of hydrogen-bond acceptors (Lipinski definition) is 7. The molecule has 2 aromatic heterocycles. The predicted molar refractivity (Wildman–Crippen MR) is 128 cm³/mol. The molecule has 0 aromatic carbocycles. The first-order valence-electron chi connectivity index (χ1n) is 12.8. The third kappa shape index (κ3) is 6.20. The lowest BCUT2D eigenvalue weighted by atomic mass is 9.84. The maximum absolute atomic E-state index is 13.1. The summed E-state index contributed by atoms with van der Waals surface area (Å²) in [6, 6.07) is 0.205. The highest BCUT2D eigenvalue weighted by Crippen LogP contribution is 2.32. The standard InChI is InChI=1S/C25H34F2N4O3S/c1-25(26,27)15-33-24-29-19-14-31(13-11-21(19)35-24)12-10-16-6-8-17(9-7-16)28-23(32)22-18-4-2-3-5-20(18)34-30-22/h16-17H,2-15H2,1H3,(H,28,32). The first-order valence-corrected chi connectivity index (χ1v) is 13.7. The number of halogens is 2. The summed E-state index contributed by atoms with van der Waals surface area (Å²) in [5.41, 5.74) is 2.47. The molecular formula is C25H34F2N4O3S. The molecule has 10 heteroatoms. The van der Waals surface area contributed by atoms with Gasteiger partial charge in [-0.2, -0.15) is 0 Å². The first kappa shape index (κ1) is 24.6. The van der Waals surface area contributed by atoms with Crippen molar-refractivity contribution in [3.05, 3.63) is 27.6 Å². The van der Waals surface area contributed by atoms with Gasteiger partial charge in [0.05, 0.1) is 5.69 Å². The number of carbonyl (C=O) groups excluding carboxylic acids is 1. The Kier molecular flexibility index (Phi) is 7.39. The van der Waals surface area contributed by atoms with Gasteiger partial charge < -0.3 is 14.6 Å². The van der Waals surface area contributed by atoms with Gasteiger partial charge in [0, 0.05) is 42.9 Å². The van der Waals surface area contributed by atoms with E-state index in [1.807, 2.05) is 0 Å². The van der Waals surface area contributed by atoms with Crippen molar-refractivity contribution >= 4 is 17.2 Å². The van der Waals surface area contributed by atoms with Crippen molar-refractivity contribution in [1.82, 2.24) is 20.4 Å². The minimum atomic E-state index is -2.85. The Bertz CT molecular complexity index is 1030. The number of aryl methyl sites for hydroxylation is 1. The topological polar surface area (TPSA) is 80.5 Å². The number of alkyl halides is 2. The Balaban J connectivity index is 1.04. The normalized spacial score (nSPS) is 22.9. The lowest BCUT2D eigenvalue weighted by molar-refractivity contribution is -0.0230. The molecule has 1 fully saturated rings. The van der Waals surface area contributed by atoms with Crippen LogP contribution in [0.1, 0.15) is 84.3 Å². The Morgan fingerprint density at radius 1 is 1.23 bits per heavy atom. The van der Waals surface area contributed by atoms with Crippen LogP contribution in [-0.4, -0.2) is 52.6 Å². The fourth-order valence-electron chi connectivity index (χ4n) is 5.45. The molecule has 3 aliphatic rings. The summed E-state index contributed by atoms with van der Waals surface area (Å²) in [4.78, 5) is 20.8. The number of nitrogens with zero attached hydrogens (tertiary/aromatic N) is 3. The summed E-state index contributed by atoms with van der Waals surface area (Å²) in [5.74, 6) is -1.39. The van der Waals surface area contributed by atoms with E-state index < -0.39 is 12.5 Å². The zero-order valence-electron chi connectivity index (χ0n) is 20.3. The molecule has 192 valence electrons. The number of rotatable bonds is 8. The van der Waals surface area contributed by atoms with Crippen LogP contribution in [-0.2, 0) is 25.8 Å². The Hall–Kier alpha value is -2.07. The second-order valence-electron chi connectivity index (χ2n) is 10.4. The number of amides is 1. The minimum Gasteiger partial charge on any atom is -0.464 e. The zero-order chi connectivity index (χ0) is 24.4. The van der Waals surface area contributed by atoms with Gasteiger partial charge in [0.2, 0.25) is 0 Å². The minimum absolute atomic E-state index is 0.0845. The molecule has 7 nitrogen and oxygen atoms in total. The molecule has 1 saturated carbocycles. The van der Waals surface area contributed by atoms with Gasteiger partial charge in [0.25, 0.3) is 17.0 Å². The Morgan fingerprint density at radius 3 is 2.83 bits per heavy atom. The molecular weight excluding hydrogens is 474 g/mol. The molecule has 0 saturated heterocycles. The molecule has 0 atom stereocenters. The van der Waals surface area contributed by atoms with Crippen molar-refractivity contribution in [1.29, 1.82) is 0 Å². The van der Waals surface area contributed by atoms with E-state index in [4.69, 9.17) is 9.26 Å². The van der Waals surface area contributed by atoms with Gasteiger partial charge in [-0.15, -0.1) is 0 Å². The largest absolute Gasteiger partial charge is 0.464 e. The number of aromatic nitrogens is 2. The first-order chi connectivity index (χ1) is 16.8. The summed E-state index contributed by atoms with van der Waals surface area (Å²) in [5, 5.41) is 7.60. The molecule has 35 heavy (non-hydrogen) atoms. The highest BCUT2D eigenvalue weighted by molar-refractivity contribution is 7.13. The average molecular weight is 509 g/mol. The van der Waals surface area contributed by atoms with Crippen LogP contribution in [0, 0.1) is 5.92 Å². The fraction of sp³-hybridized carbons (Fsp3) is 0.720. The van der Waals surface area contributed by atoms with E-state index in [0.717, 1.165) is 113 Å². The number of ether oxygens (including phenoxy) is 1. The van der Waals surface area contributed by atoms with Crippen molar-refractivity contribution < 1.29 is 22.8 Å². The molecule has 0 unspecified atom stereocenters. The maximum atomic E-state index is 13.1. The highest BCUT2D eigenvalue weighted by atomic mass is 32.1. The smallest absolute Gasteiger partial charge is 0.278 e. The fourth-order valence-corrected chi connectivity index (χ4v) is 6.35.